The van der Waals surface area contributed by atoms with E-state index in [0.29, 0.717) is 31.3 Å². The normalized spacial score (nSPS) is 13.0. The number of aryl methyl sites for hydroxylation is 1. The zero-order chi connectivity index (χ0) is 20.5. The van der Waals surface area contributed by atoms with Crippen LogP contribution in [0.1, 0.15) is 5.76 Å². The van der Waals surface area contributed by atoms with Crippen LogP contribution in [0, 0.1) is 6.92 Å². The summed E-state index contributed by atoms with van der Waals surface area (Å²) in [6, 6.07) is 10.4. The van der Waals surface area contributed by atoms with Crippen LogP contribution in [0.4, 0.5) is 10.5 Å². The molecule has 1 aromatic heterocycles. The van der Waals surface area contributed by atoms with E-state index in [1.807, 2.05) is 0 Å². The number of carbonyl (C=O) groups is 1. The number of hydrogen-bond acceptors (Lipinski definition) is 4. The third-order valence-electron chi connectivity index (χ3n) is 3.80. The molecule has 1 atom stereocenters. The highest BCUT2D eigenvalue weighted by atomic mass is 35.5. The van der Waals surface area contributed by atoms with E-state index in [9.17, 15) is 9.00 Å². The van der Waals surface area contributed by atoms with Gasteiger partial charge in [-0.25, -0.2) is 9.00 Å². The van der Waals surface area contributed by atoms with Crippen molar-refractivity contribution in [1.82, 2.24) is 5.16 Å². The lowest BCUT2D eigenvalue weighted by atomic mass is 10.1. The third kappa shape index (κ3) is 4.33. The fourth-order valence-electron chi connectivity index (χ4n) is 2.44. The van der Waals surface area contributed by atoms with Crippen LogP contribution in [0.2, 0.25) is 15.1 Å². The SMILES string of the molecule is Cc1onc(-c2c(Cl)cccc2Cl)c1NC(=O)N=S(C)(=O)c1ccc(Cl)cc1. The minimum absolute atomic E-state index is 0.245. The lowest BCUT2D eigenvalue weighted by Gasteiger charge is -2.08. The highest BCUT2D eigenvalue weighted by Crippen LogP contribution is 2.39. The van der Waals surface area contributed by atoms with Crippen molar-refractivity contribution in [2.24, 2.45) is 4.36 Å². The molecule has 0 aliphatic carbocycles. The highest BCUT2D eigenvalue weighted by Gasteiger charge is 2.22. The summed E-state index contributed by atoms with van der Waals surface area (Å²) in [7, 11) is -2.98. The average molecular weight is 459 g/mol. The maximum Gasteiger partial charge on any atom is 0.354 e. The Balaban J connectivity index is 1.97. The Morgan fingerprint density at radius 2 is 1.71 bits per heavy atom. The molecule has 1 N–H and O–H groups in total. The predicted octanol–water partition coefficient (Wildman–Crippen LogP) is 6.30. The number of nitrogens with zero attached hydrogens (tertiary/aromatic N) is 2. The molecule has 3 rings (SSSR count). The number of benzene rings is 2. The minimum atomic E-state index is -2.98. The molecule has 1 heterocycles. The number of anilines is 1. The van der Waals surface area contributed by atoms with Gasteiger partial charge in [0.15, 0.2) is 5.76 Å². The highest BCUT2D eigenvalue weighted by molar-refractivity contribution is 7.93. The Bertz CT molecular complexity index is 1150. The molecule has 1 unspecified atom stereocenters. The third-order valence-corrected chi connectivity index (χ3v) is 6.35. The number of carbonyl (C=O) groups excluding carboxylic acids is 1. The van der Waals surface area contributed by atoms with Gasteiger partial charge in [0.1, 0.15) is 11.4 Å². The van der Waals surface area contributed by atoms with Crippen molar-refractivity contribution in [3.8, 4) is 11.3 Å². The molecular formula is C18H14Cl3N3O3S. The molecule has 0 saturated carbocycles. The smallest absolute Gasteiger partial charge is 0.354 e. The van der Waals surface area contributed by atoms with E-state index < -0.39 is 15.8 Å². The number of hydrogen-bond donors (Lipinski definition) is 1. The zero-order valence-electron chi connectivity index (χ0n) is 14.7. The van der Waals surface area contributed by atoms with Gasteiger partial charge in [0.05, 0.1) is 19.8 Å². The molecule has 0 saturated heterocycles. The Morgan fingerprint density at radius 3 is 2.32 bits per heavy atom. The molecule has 0 bridgehead atoms. The van der Waals surface area contributed by atoms with Crippen LogP contribution >= 0.6 is 34.8 Å². The second kappa shape index (κ2) is 8.13. The van der Waals surface area contributed by atoms with Crippen molar-refractivity contribution in [3.63, 3.8) is 0 Å². The lowest BCUT2D eigenvalue weighted by molar-refractivity contribution is 0.260. The predicted molar refractivity (Wildman–Crippen MR) is 112 cm³/mol. The Kier molecular flexibility index (Phi) is 6.00. The number of halogens is 3. The van der Waals surface area contributed by atoms with Crippen LogP contribution < -0.4 is 5.32 Å². The van der Waals surface area contributed by atoms with E-state index in [2.05, 4.69) is 14.8 Å². The molecule has 0 aliphatic rings. The van der Waals surface area contributed by atoms with Gasteiger partial charge in [-0.15, -0.1) is 4.36 Å². The Morgan fingerprint density at radius 1 is 1.11 bits per heavy atom. The molecule has 28 heavy (non-hydrogen) atoms. The maximum atomic E-state index is 12.8. The van der Waals surface area contributed by atoms with Crippen LogP contribution in [0.15, 0.2) is 56.2 Å². The molecule has 0 spiro atoms. The molecular weight excluding hydrogens is 445 g/mol. The van der Waals surface area contributed by atoms with E-state index in [1.165, 1.54) is 6.26 Å². The lowest BCUT2D eigenvalue weighted by Crippen LogP contribution is -2.11. The molecule has 0 aliphatic heterocycles. The summed E-state index contributed by atoms with van der Waals surface area (Å²) in [6.07, 6.45) is 1.36. The maximum absolute atomic E-state index is 12.8. The summed E-state index contributed by atoms with van der Waals surface area (Å²) >= 11 is 18.3. The molecule has 6 nitrogen and oxygen atoms in total. The topological polar surface area (TPSA) is 84.6 Å². The van der Waals surface area contributed by atoms with E-state index >= 15 is 0 Å². The number of urea groups is 1. The van der Waals surface area contributed by atoms with Crippen molar-refractivity contribution in [2.75, 3.05) is 11.6 Å². The molecule has 0 fully saturated rings. The van der Waals surface area contributed by atoms with Gasteiger partial charge in [-0.3, -0.25) is 0 Å². The number of rotatable bonds is 3. The molecule has 10 heteroatoms. The molecule has 3 aromatic rings. The average Bonchev–Trinajstić information content (AvgIpc) is 2.95. The Hall–Kier alpha value is -2.06. The summed E-state index contributed by atoms with van der Waals surface area (Å²) in [6.45, 7) is 1.61. The second-order valence-electron chi connectivity index (χ2n) is 5.84. The summed E-state index contributed by atoms with van der Waals surface area (Å²) in [5.74, 6) is 0.323. The van der Waals surface area contributed by atoms with Crippen molar-refractivity contribution in [1.29, 1.82) is 0 Å². The fourth-order valence-corrected chi connectivity index (χ4v) is 4.25. The standard InChI is InChI=1S/C18H14Cl3N3O3S/c1-10-16(17(23-27-10)15-13(20)4-3-5-14(15)21)22-18(25)24-28(2,26)12-8-6-11(19)7-9-12/h3-9H,1-2H3,(H,22,25). The second-order valence-corrected chi connectivity index (χ2v) is 9.35. The number of amides is 2. The van der Waals surface area contributed by atoms with Gasteiger partial charge in [0, 0.05) is 21.7 Å². The minimum Gasteiger partial charge on any atom is -0.359 e. The van der Waals surface area contributed by atoms with Gasteiger partial charge in [-0.1, -0.05) is 46.0 Å². The van der Waals surface area contributed by atoms with Crippen LogP contribution in [-0.4, -0.2) is 21.7 Å². The van der Waals surface area contributed by atoms with E-state index in [1.54, 1.807) is 49.4 Å². The van der Waals surface area contributed by atoms with Gasteiger partial charge in [0.2, 0.25) is 0 Å². The van der Waals surface area contributed by atoms with E-state index in [0.717, 1.165) is 0 Å². The Labute approximate surface area is 177 Å². The quantitative estimate of drug-likeness (QED) is 0.499. The largest absolute Gasteiger partial charge is 0.359 e. The van der Waals surface area contributed by atoms with Crippen molar-refractivity contribution >= 4 is 56.3 Å². The van der Waals surface area contributed by atoms with Gasteiger partial charge in [-0.2, -0.15) is 0 Å². The van der Waals surface area contributed by atoms with Crippen LogP contribution in [-0.2, 0) is 9.73 Å². The molecule has 2 amide bonds. The van der Waals surface area contributed by atoms with Crippen molar-refractivity contribution in [2.45, 2.75) is 11.8 Å². The van der Waals surface area contributed by atoms with Crippen LogP contribution in [0.25, 0.3) is 11.3 Å². The van der Waals surface area contributed by atoms with E-state index in [-0.39, 0.29) is 11.4 Å². The van der Waals surface area contributed by atoms with Crippen molar-refractivity contribution < 1.29 is 13.5 Å². The van der Waals surface area contributed by atoms with Gasteiger partial charge >= 0.3 is 6.03 Å². The number of aromatic nitrogens is 1. The first-order valence-electron chi connectivity index (χ1n) is 7.88. The summed E-state index contributed by atoms with van der Waals surface area (Å²) in [4.78, 5) is 12.8. The molecule has 0 radical (unpaired) electrons. The first-order chi connectivity index (χ1) is 13.2. The van der Waals surface area contributed by atoms with Crippen molar-refractivity contribution in [3.05, 3.63) is 63.3 Å². The monoisotopic (exact) mass is 457 g/mol. The zero-order valence-corrected chi connectivity index (χ0v) is 17.8. The first-order valence-corrected chi connectivity index (χ1v) is 10.9. The summed E-state index contributed by atoms with van der Waals surface area (Å²) < 4.78 is 21.8. The summed E-state index contributed by atoms with van der Waals surface area (Å²) in [5.41, 5.74) is 0.911. The number of nitrogens with one attached hydrogen (secondary N) is 1. The summed E-state index contributed by atoms with van der Waals surface area (Å²) in [5, 5.41) is 7.68. The van der Waals surface area contributed by atoms with Gasteiger partial charge in [0.25, 0.3) is 0 Å². The van der Waals surface area contributed by atoms with Crippen LogP contribution in [0.3, 0.4) is 0 Å². The van der Waals surface area contributed by atoms with E-state index in [4.69, 9.17) is 39.3 Å². The van der Waals surface area contributed by atoms with Crippen LogP contribution in [0.5, 0.6) is 0 Å². The molecule has 146 valence electrons. The first kappa shape index (κ1) is 20.7. The van der Waals surface area contributed by atoms with Gasteiger partial charge < -0.3 is 9.84 Å². The molecule has 2 aromatic carbocycles. The van der Waals surface area contributed by atoms with Gasteiger partial charge in [-0.05, 0) is 43.3 Å². The fraction of sp³-hybridized carbons (Fsp3) is 0.111.